The lowest BCUT2D eigenvalue weighted by molar-refractivity contribution is 0.135. The van der Waals surface area contributed by atoms with E-state index in [0.717, 1.165) is 17.8 Å². The fourth-order valence-electron chi connectivity index (χ4n) is 3.65. The lowest BCUT2D eigenvalue weighted by Crippen LogP contribution is -2.40. The van der Waals surface area contributed by atoms with Crippen LogP contribution in [-0.2, 0) is 0 Å². The van der Waals surface area contributed by atoms with Crippen molar-refractivity contribution in [3.63, 3.8) is 0 Å². The van der Waals surface area contributed by atoms with Gasteiger partial charge in [-0.05, 0) is 49.9 Å². The van der Waals surface area contributed by atoms with Crippen molar-refractivity contribution in [2.24, 2.45) is 17.8 Å². The molecular formula is C11H20S. The number of thiol groups is 1. The molecular weight excluding hydrogens is 164 g/mol. The van der Waals surface area contributed by atoms with E-state index in [-0.39, 0.29) is 0 Å². The molecule has 2 fully saturated rings. The Kier molecular flexibility index (Phi) is 2.18. The van der Waals surface area contributed by atoms with E-state index in [1.807, 2.05) is 0 Å². The summed E-state index contributed by atoms with van der Waals surface area (Å²) >= 11 is 4.88. The minimum atomic E-state index is 0.417. The Morgan fingerprint density at radius 3 is 1.92 bits per heavy atom. The highest BCUT2D eigenvalue weighted by atomic mass is 32.1. The summed E-state index contributed by atoms with van der Waals surface area (Å²) in [5.74, 6) is 2.84. The van der Waals surface area contributed by atoms with Crippen LogP contribution in [0, 0.1) is 17.8 Å². The summed E-state index contributed by atoms with van der Waals surface area (Å²) in [7, 11) is 0. The highest BCUT2D eigenvalue weighted by Gasteiger charge is 2.41. The van der Waals surface area contributed by atoms with Gasteiger partial charge >= 0.3 is 0 Å². The van der Waals surface area contributed by atoms with Crippen LogP contribution in [0.1, 0.15) is 46.0 Å². The van der Waals surface area contributed by atoms with Gasteiger partial charge in [0, 0.05) is 4.75 Å². The molecule has 1 heteroatoms. The first-order valence-electron chi connectivity index (χ1n) is 5.30. The monoisotopic (exact) mass is 184 g/mol. The molecule has 2 saturated carbocycles. The Balaban J connectivity index is 2.11. The molecule has 0 saturated heterocycles. The van der Waals surface area contributed by atoms with Crippen LogP contribution in [0.5, 0.6) is 0 Å². The molecule has 0 aliphatic heterocycles. The summed E-state index contributed by atoms with van der Waals surface area (Å²) < 4.78 is 0.417. The van der Waals surface area contributed by atoms with Crippen LogP contribution in [-0.4, -0.2) is 4.75 Å². The standard InChI is InChI=1S/C11H20S/c1-8-3-10-4-9(2)6-11(12,5-8)7-10/h8-10,12H,3-7H2,1-2H3. The molecule has 0 heterocycles. The second kappa shape index (κ2) is 2.94. The first-order valence-corrected chi connectivity index (χ1v) is 5.74. The molecule has 70 valence electrons. The van der Waals surface area contributed by atoms with Gasteiger partial charge in [-0.15, -0.1) is 0 Å². The third kappa shape index (κ3) is 1.66. The van der Waals surface area contributed by atoms with Crippen molar-refractivity contribution >= 4 is 12.6 Å². The zero-order valence-electron chi connectivity index (χ0n) is 8.21. The van der Waals surface area contributed by atoms with Crippen LogP contribution in [0.2, 0.25) is 0 Å². The predicted molar refractivity (Wildman–Crippen MR) is 56.6 cm³/mol. The SMILES string of the molecule is CC1CC2CC(C)CC(S)(C1)C2. The molecule has 2 unspecified atom stereocenters. The van der Waals surface area contributed by atoms with E-state index >= 15 is 0 Å². The summed E-state index contributed by atoms with van der Waals surface area (Å²) in [6.07, 6.45) is 7.04. The molecule has 0 radical (unpaired) electrons. The van der Waals surface area contributed by atoms with Crippen LogP contribution >= 0.6 is 12.6 Å². The van der Waals surface area contributed by atoms with E-state index in [4.69, 9.17) is 12.6 Å². The van der Waals surface area contributed by atoms with E-state index in [1.165, 1.54) is 32.1 Å². The fourth-order valence-corrected chi connectivity index (χ4v) is 4.53. The Hall–Kier alpha value is 0.350. The summed E-state index contributed by atoms with van der Waals surface area (Å²) in [6, 6.07) is 0. The molecule has 12 heavy (non-hydrogen) atoms. The maximum absolute atomic E-state index is 4.88. The quantitative estimate of drug-likeness (QED) is 0.547. The Morgan fingerprint density at radius 1 is 1.00 bits per heavy atom. The maximum Gasteiger partial charge on any atom is 0.0137 e. The van der Waals surface area contributed by atoms with E-state index in [2.05, 4.69) is 13.8 Å². The van der Waals surface area contributed by atoms with Gasteiger partial charge in [0.25, 0.3) is 0 Å². The van der Waals surface area contributed by atoms with Crippen molar-refractivity contribution < 1.29 is 0 Å². The van der Waals surface area contributed by atoms with E-state index in [0.29, 0.717) is 4.75 Å². The lowest BCUT2D eigenvalue weighted by atomic mass is 9.65. The van der Waals surface area contributed by atoms with Crippen LogP contribution in [0.4, 0.5) is 0 Å². The van der Waals surface area contributed by atoms with Gasteiger partial charge < -0.3 is 0 Å². The molecule has 0 aromatic rings. The van der Waals surface area contributed by atoms with Crippen LogP contribution in [0.25, 0.3) is 0 Å². The van der Waals surface area contributed by atoms with Gasteiger partial charge in [-0.3, -0.25) is 0 Å². The summed E-state index contributed by atoms with van der Waals surface area (Å²) in [6.45, 7) is 4.79. The summed E-state index contributed by atoms with van der Waals surface area (Å²) in [5, 5.41) is 0. The minimum absolute atomic E-state index is 0.417. The number of rotatable bonds is 0. The zero-order valence-corrected chi connectivity index (χ0v) is 9.11. The molecule has 2 bridgehead atoms. The van der Waals surface area contributed by atoms with Crippen molar-refractivity contribution in [2.75, 3.05) is 0 Å². The van der Waals surface area contributed by atoms with Crippen molar-refractivity contribution in [3.05, 3.63) is 0 Å². The van der Waals surface area contributed by atoms with Gasteiger partial charge in [0.2, 0.25) is 0 Å². The Bertz CT molecular complexity index is 156. The average Bonchev–Trinajstić information content (AvgIpc) is 1.78. The molecule has 2 rings (SSSR count). The number of fused-ring (bicyclic) bond motifs is 2. The molecule has 0 aromatic carbocycles. The number of hydrogen-bond donors (Lipinski definition) is 1. The highest BCUT2D eigenvalue weighted by molar-refractivity contribution is 7.81. The smallest absolute Gasteiger partial charge is 0.0137 e. The van der Waals surface area contributed by atoms with Gasteiger partial charge in [-0.2, -0.15) is 12.6 Å². The Labute approximate surface area is 81.5 Å². The third-order valence-electron chi connectivity index (χ3n) is 3.60. The van der Waals surface area contributed by atoms with E-state index < -0.39 is 0 Å². The molecule has 0 spiro atoms. The van der Waals surface area contributed by atoms with Crippen molar-refractivity contribution in [1.29, 1.82) is 0 Å². The molecule has 2 atom stereocenters. The predicted octanol–water partition coefficient (Wildman–Crippen LogP) is 3.52. The maximum atomic E-state index is 4.88. The molecule has 2 aliphatic carbocycles. The Morgan fingerprint density at radius 2 is 1.50 bits per heavy atom. The van der Waals surface area contributed by atoms with Gasteiger partial charge in [-0.1, -0.05) is 13.8 Å². The fraction of sp³-hybridized carbons (Fsp3) is 1.00. The molecule has 0 aromatic heterocycles. The molecule has 0 amide bonds. The largest absolute Gasteiger partial charge is 0.172 e. The topological polar surface area (TPSA) is 0 Å². The van der Waals surface area contributed by atoms with Crippen LogP contribution in [0.15, 0.2) is 0 Å². The second-order valence-corrected chi connectivity index (χ2v) is 6.33. The average molecular weight is 184 g/mol. The summed E-state index contributed by atoms with van der Waals surface area (Å²) in [5.41, 5.74) is 0. The molecule has 0 nitrogen and oxygen atoms in total. The van der Waals surface area contributed by atoms with E-state index in [1.54, 1.807) is 0 Å². The number of hydrogen-bond acceptors (Lipinski definition) is 1. The van der Waals surface area contributed by atoms with E-state index in [9.17, 15) is 0 Å². The van der Waals surface area contributed by atoms with Crippen LogP contribution in [0.3, 0.4) is 0 Å². The van der Waals surface area contributed by atoms with Gasteiger partial charge in [0.05, 0.1) is 0 Å². The van der Waals surface area contributed by atoms with Crippen LogP contribution < -0.4 is 0 Å². The van der Waals surface area contributed by atoms with Crippen molar-refractivity contribution in [3.8, 4) is 0 Å². The van der Waals surface area contributed by atoms with Crippen molar-refractivity contribution in [1.82, 2.24) is 0 Å². The molecule has 0 N–H and O–H groups in total. The first kappa shape index (κ1) is 8.93. The second-order valence-electron chi connectivity index (χ2n) is 5.38. The summed E-state index contributed by atoms with van der Waals surface area (Å²) in [4.78, 5) is 0. The highest BCUT2D eigenvalue weighted by Crippen LogP contribution is 2.50. The van der Waals surface area contributed by atoms with Gasteiger partial charge in [0.1, 0.15) is 0 Å². The molecule has 2 aliphatic rings. The third-order valence-corrected chi connectivity index (χ3v) is 4.14. The minimum Gasteiger partial charge on any atom is -0.172 e. The normalized spacial score (nSPS) is 53.8. The van der Waals surface area contributed by atoms with Crippen molar-refractivity contribution in [2.45, 2.75) is 50.7 Å². The van der Waals surface area contributed by atoms with Gasteiger partial charge in [-0.25, -0.2) is 0 Å². The zero-order chi connectivity index (χ0) is 8.77. The van der Waals surface area contributed by atoms with Gasteiger partial charge in [0.15, 0.2) is 0 Å². The lowest BCUT2D eigenvalue weighted by Gasteiger charge is -2.47. The first-order chi connectivity index (χ1) is 5.57.